The summed E-state index contributed by atoms with van der Waals surface area (Å²) in [5.41, 5.74) is 0. The lowest BCUT2D eigenvalue weighted by atomic mass is 9.95. The number of carbonyl (C=O) groups excluding carboxylic acids is 2. The van der Waals surface area contributed by atoms with Gasteiger partial charge in [-0.05, 0) is 19.8 Å². The van der Waals surface area contributed by atoms with Gasteiger partial charge < -0.3 is 9.80 Å². The van der Waals surface area contributed by atoms with Gasteiger partial charge in [0.25, 0.3) is 0 Å². The molecule has 1 atom stereocenters. The topological polar surface area (TPSA) is 40.6 Å². The van der Waals surface area contributed by atoms with Crippen molar-refractivity contribution in [1.29, 1.82) is 0 Å². The van der Waals surface area contributed by atoms with E-state index in [1.807, 2.05) is 11.8 Å². The molecule has 1 fully saturated rings. The molecule has 0 aromatic rings. The number of piperidine rings is 1. The van der Waals surface area contributed by atoms with Crippen molar-refractivity contribution in [3.8, 4) is 0 Å². The van der Waals surface area contributed by atoms with Crippen molar-refractivity contribution in [3.63, 3.8) is 0 Å². The Morgan fingerprint density at radius 2 is 1.81 bits per heavy atom. The van der Waals surface area contributed by atoms with Crippen LogP contribution in [0, 0.1) is 5.92 Å². The lowest BCUT2D eigenvalue weighted by molar-refractivity contribution is -0.138. The van der Waals surface area contributed by atoms with E-state index in [-0.39, 0.29) is 22.6 Å². The van der Waals surface area contributed by atoms with Crippen LogP contribution >= 0.6 is 15.9 Å². The van der Waals surface area contributed by atoms with E-state index < -0.39 is 0 Å². The molecule has 0 aliphatic carbocycles. The van der Waals surface area contributed by atoms with E-state index in [4.69, 9.17) is 0 Å². The second-order valence-electron chi connectivity index (χ2n) is 4.45. The van der Waals surface area contributed by atoms with Gasteiger partial charge in [0.15, 0.2) is 0 Å². The highest BCUT2D eigenvalue weighted by atomic mass is 79.9. The molecular formula is C11H19BrN2O2. The van der Waals surface area contributed by atoms with Gasteiger partial charge in [0.05, 0.1) is 4.83 Å². The monoisotopic (exact) mass is 290 g/mol. The molecule has 1 aliphatic rings. The molecular weight excluding hydrogens is 272 g/mol. The summed E-state index contributed by atoms with van der Waals surface area (Å²) >= 11 is 3.28. The second kappa shape index (κ2) is 5.66. The minimum Gasteiger partial charge on any atom is -0.349 e. The Hall–Kier alpha value is -0.580. The summed E-state index contributed by atoms with van der Waals surface area (Å²) in [5, 5.41) is 0. The molecule has 0 aromatic carbocycles. The number of amides is 2. The molecule has 1 rings (SSSR count). The summed E-state index contributed by atoms with van der Waals surface area (Å²) in [6.45, 7) is 3.22. The average molecular weight is 291 g/mol. The van der Waals surface area contributed by atoms with E-state index in [0.29, 0.717) is 13.1 Å². The first-order valence-corrected chi connectivity index (χ1v) is 6.49. The standard InChI is InChI=1S/C11H19BrN2O2/c1-8(12)10(15)14-6-4-9(5-7-14)11(16)13(2)3/h8-9H,4-7H2,1-3H3. The number of alkyl halides is 1. The predicted molar refractivity (Wildman–Crippen MR) is 66.4 cm³/mol. The fraction of sp³-hybridized carbons (Fsp3) is 0.818. The van der Waals surface area contributed by atoms with Gasteiger partial charge in [-0.15, -0.1) is 0 Å². The van der Waals surface area contributed by atoms with Crippen molar-refractivity contribution in [2.75, 3.05) is 27.2 Å². The molecule has 0 radical (unpaired) electrons. The van der Waals surface area contributed by atoms with Crippen molar-refractivity contribution in [1.82, 2.24) is 9.80 Å². The summed E-state index contributed by atoms with van der Waals surface area (Å²) in [4.78, 5) is 26.7. The van der Waals surface area contributed by atoms with E-state index >= 15 is 0 Å². The molecule has 1 saturated heterocycles. The third-order valence-corrected chi connectivity index (χ3v) is 3.33. The SMILES string of the molecule is CC(Br)C(=O)N1CCC(C(=O)N(C)C)CC1. The van der Waals surface area contributed by atoms with E-state index in [1.54, 1.807) is 19.0 Å². The van der Waals surface area contributed by atoms with Crippen molar-refractivity contribution in [3.05, 3.63) is 0 Å². The first kappa shape index (κ1) is 13.5. The minimum atomic E-state index is -0.131. The first-order chi connectivity index (χ1) is 7.43. The Morgan fingerprint density at radius 1 is 1.31 bits per heavy atom. The van der Waals surface area contributed by atoms with Crippen molar-refractivity contribution in [2.24, 2.45) is 5.92 Å². The molecule has 2 amide bonds. The van der Waals surface area contributed by atoms with Crippen LogP contribution in [0.1, 0.15) is 19.8 Å². The summed E-state index contributed by atoms with van der Waals surface area (Å²) in [6, 6.07) is 0. The van der Waals surface area contributed by atoms with Crippen LogP contribution in [0.3, 0.4) is 0 Å². The third-order valence-electron chi connectivity index (χ3n) is 2.94. The van der Waals surface area contributed by atoms with Gasteiger partial charge in [0.2, 0.25) is 11.8 Å². The molecule has 16 heavy (non-hydrogen) atoms. The number of likely N-dealkylation sites (tertiary alicyclic amines) is 1. The highest BCUT2D eigenvalue weighted by Gasteiger charge is 2.29. The average Bonchev–Trinajstić information content (AvgIpc) is 2.27. The number of rotatable bonds is 2. The molecule has 5 heteroatoms. The number of halogens is 1. The minimum absolute atomic E-state index is 0.0877. The van der Waals surface area contributed by atoms with Gasteiger partial charge >= 0.3 is 0 Å². The van der Waals surface area contributed by atoms with Crippen LogP contribution in [-0.4, -0.2) is 53.6 Å². The predicted octanol–water partition coefficient (Wildman–Crippen LogP) is 1.10. The number of nitrogens with zero attached hydrogens (tertiary/aromatic N) is 2. The van der Waals surface area contributed by atoms with Gasteiger partial charge in [-0.25, -0.2) is 0 Å². The highest BCUT2D eigenvalue weighted by Crippen LogP contribution is 2.20. The van der Waals surface area contributed by atoms with Gasteiger partial charge in [-0.1, -0.05) is 15.9 Å². The maximum atomic E-state index is 11.7. The molecule has 1 heterocycles. The largest absolute Gasteiger partial charge is 0.349 e. The summed E-state index contributed by atoms with van der Waals surface area (Å²) < 4.78 is 0. The molecule has 4 nitrogen and oxygen atoms in total. The Morgan fingerprint density at radius 3 is 2.19 bits per heavy atom. The number of carbonyl (C=O) groups is 2. The summed E-state index contributed by atoms with van der Waals surface area (Å²) in [5.74, 6) is 0.388. The van der Waals surface area contributed by atoms with Gasteiger partial charge in [0, 0.05) is 33.1 Å². The molecule has 0 spiro atoms. The van der Waals surface area contributed by atoms with Gasteiger partial charge in [-0.3, -0.25) is 9.59 Å². The second-order valence-corrected chi connectivity index (χ2v) is 5.82. The van der Waals surface area contributed by atoms with E-state index in [1.165, 1.54) is 0 Å². The van der Waals surface area contributed by atoms with Gasteiger partial charge in [0.1, 0.15) is 0 Å². The maximum Gasteiger partial charge on any atom is 0.236 e. The zero-order valence-corrected chi connectivity index (χ0v) is 11.7. The Kier molecular flexibility index (Phi) is 4.77. The van der Waals surface area contributed by atoms with E-state index in [0.717, 1.165) is 12.8 Å². The van der Waals surface area contributed by atoms with Crippen LogP contribution in [0.5, 0.6) is 0 Å². The Balaban J connectivity index is 2.45. The molecule has 0 aromatic heterocycles. The smallest absolute Gasteiger partial charge is 0.236 e. The Labute approximate surface area is 105 Å². The van der Waals surface area contributed by atoms with E-state index in [9.17, 15) is 9.59 Å². The van der Waals surface area contributed by atoms with Crippen LogP contribution in [0.4, 0.5) is 0 Å². The first-order valence-electron chi connectivity index (χ1n) is 5.57. The van der Waals surface area contributed by atoms with Crippen LogP contribution in [0.15, 0.2) is 0 Å². The number of hydrogen-bond acceptors (Lipinski definition) is 2. The van der Waals surface area contributed by atoms with Crippen LogP contribution in [-0.2, 0) is 9.59 Å². The molecule has 0 bridgehead atoms. The normalized spacial score (nSPS) is 19.4. The molecule has 92 valence electrons. The van der Waals surface area contributed by atoms with Crippen molar-refractivity contribution < 1.29 is 9.59 Å². The summed E-state index contributed by atoms with van der Waals surface area (Å²) in [7, 11) is 3.56. The van der Waals surface area contributed by atoms with Crippen molar-refractivity contribution >= 4 is 27.7 Å². The van der Waals surface area contributed by atoms with E-state index in [2.05, 4.69) is 15.9 Å². The van der Waals surface area contributed by atoms with Crippen molar-refractivity contribution in [2.45, 2.75) is 24.6 Å². The fourth-order valence-corrected chi connectivity index (χ4v) is 2.25. The summed E-state index contributed by atoms with van der Waals surface area (Å²) in [6.07, 6.45) is 1.56. The lowest BCUT2D eigenvalue weighted by Gasteiger charge is -2.33. The fourth-order valence-electron chi connectivity index (χ4n) is 1.96. The van der Waals surface area contributed by atoms with Crippen LogP contribution in [0.25, 0.3) is 0 Å². The third kappa shape index (κ3) is 3.20. The zero-order valence-electron chi connectivity index (χ0n) is 10.1. The highest BCUT2D eigenvalue weighted by molar-refractivity contribution is 9.10. The molecule has 1 aliphatic heterocycles. The molecule has 0 N–H and O–H groups in total. The quantitative estimate of drug-likeness (QED) is 0.715. The number of hydrogen-bond donors (Lipinski definition) is 0. The van der Waals surface area contributed by atoms with Crippen LogP contribution in [0.2, 0.25) is 0 Å². The van der Waals surface area contributed by atoms with Gasteiger partial charge in [-0.2, -0.15) is 0 Å². The Bertz CT molecular complexity index is 243. The maximum absolute atomic E-state index is 11.7. The lowest BCUT2D eigenvalue weighted by Crippen LogP contribution is -2.44. The molecule has 0 saturated carbocycles. The molecule has 1 unspecified atom stereocenters. The zero-order chi connectivity index (χ0) is 12.3. The van der Waals surface area contributed by atoms with Crippen LogP contribution < -0.4 is 0 Å².